The molecule has 132 valence electrons. The largest absolute Gasteiger partial charge is 0.357 e. The number of hydrogen-bond donors (Lipinski definition) is 1. The maximum atomic E-state index is 5.53. The molecular formula is C20H20N4OS. The Morgan fingerprint density at radius 2 is 2.15 bits per heavy atom. The molecule has 1 aliphatic rings. The summed E-state index contributed by atoms with van der Waals surface area (Å²) in [5, 5.41) is 7.45. The molecule has 1 saturated heterocycles. The number of para-hydroxylation sites is 1. The maximum Gasteiger partial charge on any atom is 0.241 e. The highest BCUT2D eigenvalue weighted by atomic mass is 32.1. The molecule has 1 N–H and O–H groups in total. The predicted octanol–water partition coefficient (Wildman–Crippen LogP) is 5.01. The number of aromatic nitrogens is 3. The fourth-order valence-electron chi connectivity index (χ4n) is 3.81. The Morgan fingerprint density at radius 3 is 3.04 bits per heavy atom. The fourth-order valence-corrected chi connectivity index (χ4v) is 4.46. The van der Waals surface area contributed by atoms with Gasteiger partial charge in [0.25, 0.3) is 0 Å². The van der Waals surface area contributed by atoms with Gasteiger partial charge in [-0.3, -0.25) is 4.90 Å². The standard InChI is InChI=1S/C20H20N4OS/c1-2-7-15-14(6-1)12-16(21-15)17-8-3-4-10-24(17)13-19-22-20(23-25-19)18-9-5-11-26-18/h1-2,5-7,9,11-12,17,21H,3-4,8,10,13H2. The Bertz CT molecular complexity index is 971. The third kappa shape index (κ3) is 2.95. The van der Waals surface area contributed by atoms with Gasteiger partial charge in [0.1, 0.15) is 0 Å². The topological polar surface area (TPSA) is 58.0 Å². The second kappa shape index (κ2) is 6.70. The first-order chi connectivity index (χ1) is 12.9. The first-order valence-electron chi connectivity index (χ1n) is 9.05. The average molecular weight is 364 g/mol. The van der Waals surface area contributed by atoms with E-state index in [0.717, 1.165) is 17.8 Å². The van der Waals surface area contributed by atoms with E-state index in [0.29, 0.717) is 24.3 Å². The van der Waals surface area contributed by atoms with Crippen LogP contribution in [0.1, 0.15) is 36.9 Å². The number of H-pyrrole nitrogens is 1. The summed E-state index contributed by atoms with van der Waals surface area (Å²) >= 11 is 1.63. The van der Waals surface area contributed by atoms with Crippen molar-refractivity contribution in [1.82, 2.24) is 20.0 Å². The van der Waals surface area contributed by atoms with E-state index in [1.807, 2.05) is 17.5 Å². The third-order valence-electron chi connectivity index (χ3n) is 5.07. The number of hydrogen-bond acceptors (Lipinski definition) is 5. The van der Waals surface area contributed by atoms with Crippen LogP contribution in [0.3, 0.4) is 0 Å². The predicted molar refractivity (Wildman–Crippen MR) is 103 cm³/mol. The maximum absolute atomic E-state index is 5.53. The van der Waals surface area contributed by atoms with Crippen molar-refractivity contribution in [3.8, 4) is 10.7 Å². The van der Waals surface area contributed by atoms with Crippen LogP contribution in [0.25, 0.3) is 21.6 Å². The first-order valence-corrected chi connectivity index (χ1v) is 9.93. The van der Waals surface area contributed by atoms with Crippen molar-refractivity contribution in [2.45, 2.75) is 31.8 Å². The van der Waals surface area contributed by atoms with Gasteiger partial charge in [0.15, 0.2) is 0 Å². The Hall–Kier alpha value is -2.44. The van der Waals surface area contributed by atoms with Crippen LogP contribution in [0.5, 0.6) is 0 Å². The van der Waals surface area contributed by atoms with Gasteiger partial charge in [0.05, 0.1) is 17.5 Å². The number of nitrogens with zero attached hydrogens (tertiary/aromatic N) is 3. The molecule has 3 aromatic heterocycles. The molecule has 26 heavy (non-hydrogen) atoms. The average Bonchev–Trinajstić information content (AvgIpc) is 3.42. The van der Waals surface area contributed by atoms with Gasteiger partial charge >= 0.3 is 0 Å². The minimum absolute atomic E-state index is 0.369. The first kappa shape index (κ1) is 15.8. The monoisotopic (exact) mass is 364 g/mol. The molecule has 5 rings (SSSR count). The van der Waals surface area contributed by atoms with Crippen LogP contribution in [0, 0.1) is 0 Å². The molecule has 0 aliphatic carbocycles. The molecule has 1 atom stereocenters. The van der Waals surface area contributed by atoms with Crippen LogP contribution in [0.2, 0.25) is 0 Å². The van der Waals surface area contributed by atoms with Crippen LogP contribution in [0.4, 0.5) is 0 Å². The van der Waals surface area contributed by atoms with Gasteiger partial charge in [-0.1, -0.05) is 35.8 Å². The van der Waals surface area contributed by atoms with Crippen LogP contribution >= 0.6 is 11.3 Å². The molecule has 0 amide bonds. The summed E-state index contributed by atoms with van der Waals surface area (Å²) in [7, 11) is 0. The Kier molecular flexibility index (Phi) is 4.07. The minimum Gasteiger partial charge on any atom is -0.357 e. The highest BCUT2D eigenvalue weighted by Gasteiger charge is 2.27. The Balaban J connectivity index is 1.39. The molecule has 4 aromatic rings. The summed E-state index contributed by atoms with van der Waals surface area (Å²) in [4.78, 5) is 11.7. The van der Waals surface area contributed by atoms with Gasteiger partial charge in [-0.2, -0.15) is 4.98 Å². The van der Waals surface area contributed by atoms with Gasteiger partial charge in [0, 0.05) is 11.2 Å². The van der Waals surface area contributed by atoms with Crippen LogP contribution in [0.15, 0.2) is 52.4 Å². The van der Waals surface area contributed by atoms with E-state index in [9.17, 15) is 0 Å². The summed E-state index contributed by atoms with van der Waals surface area (Å²) in [6.45, 7) is 1.75. The van der Waals surface area contributed by atoms with Crippen molar-refractivity contribution in [3.63, 3.8) is 0 Å². The fraction of sp³-hybridized carbons (Fsp3) is 0.300. The summed E-state index contributed by atoms with van der Waals surface area (Å²) < 4.78 is 5.53. The SMILES string of the molecule is c1csc(-c2noc(CN3CCCCC3c3cc4ccccc4[nH]3)n2)c1. The van der Waals surface area contributed by atoms with E-state index in [1.54, 1.807) is 11.3 Å². The number of fused-ring (bicyclic) bond motifs is 1. The zero-order chi connectivity index (χ0) is 17.3. The van der Waals surface area contributed by atoms with E-state index in [1.165, 1.54) is 29.4 Å². The van der Waals surface area contributed by atoms with Gasteiger partial charge in [-0.25, -0.2) is 0 Å². The van der Waals surface area contributed by atoms with Crippen molar-refractivity contribution >= 4 is 22.2 Å². The van der Waals surface area contributed by atoms with Crippen LogP contribution in [-0.4, -0.2) is 26.6 Å². The summed E-state index contributed by atoms with van der Waals surface area (Å²) in [6, 6.07) is 15.1. The molecule has 5 nitrogen and oxygen atoms in total. The minimum atomic E-state index is 0.369. The summed E-state index contributed by atoms with van der Waals surface area (Å²) in [5.41, 5.74) is 2.48. The molecule has 0 saturated carbocycles. The van der Waals surface area contributed by atoms with Crippen molar-refractivity contribution in [3.05, 3.63) is 59.4 Å². The van der Waals surface area contributed by atoms with E-state index in [2.05, 4.69) is 50.4 Å². The summed E-state index contributed by atoms with van der Waals surface area (Å²) in [6.07, 6.45) is 3.61. The third-order valence-corrected chi connectivity index (χ3v) is 5.94. The van der Waals surface area contributed by atoms with Crippen LogP contribution < -0.4 is 0 Å². The van der Waals surface area contributed by atoms with Gasteiger partial charge < -0.3 is 9.51 Å². The number of aromatic amines is 1. The van der Waals surface area contributed by atoms with E-state index in [4.69, 9.17) is 4.52 Å². The number of benzene rings is 1. The van der Waals surface area contributed by atoms with Gasteiger partial charge in [-0.05, 0) is 48.4 Å². The Morgan fingerprint density at radius 1 is 1.19 bits per heavy atom. The van der Waals surface area contributed by atoms with Crippen molar-refractivity contribution in [2.75, 3.05) is 6.54 Å². The number of likely N-dealkylation sites (tertiary alicyclic amines) is 1. The number of nitrogens with one attached hydrogen (secondary N) is 1. The normalized spacial score (nSPS) is 18.5. The zero-order valence-corrected chi connectivity index (χ0v) is 15.2. The molecule has 4 heterocycles. The zero-order valence-electron chi connectivity index (χ0n) is 14.4. The highest BCUT2D eigenvalue weighted by molar-refractivity contribution is 7.13. The van der Waals surface area contributed by atoms with E-state index < -0.39 is 0 Å². The van der Waals surface area contributed by atoms with Crippen LogP contribution in [-0.2, 0) is 6.54 Å². The van der Waals surface area contributed by atoms with Crippen molar-refractivity contribution in [2.24, 2.45) is 0 Å². The van der Waals surface area contributed by atoms with Crippen molar-refractivity contribution < 1.29 is 4.52 Å². The molecule has 0 bridgehead atoms. The number of piperidine rings is 1. The smallest absolute Gasteiger partial charge is 0.241 e. The molecule has 0 spiro atoms. The summed E-state index contributed by atoms with van der Waals surface area (Å²) in [5.74, 6) is 1.38. The van der Waals surface area contributed by atoms with Crippen molar-refractivity contribution in [1.29, 1.82) is 0 Å². The lowest BCUT2D eigenvalue weighted by atomic mass is 9.99. The lowest BCUT2D eigenvalue weighted by molar-refractivity contribution is 0.121. The molecule has 1 unspecified atom stereocenters. The molecule has 0 radical (unpaired) electrons. The quantitative estimate of drug-likeness (QED) is 0.553. The molecule has 1 fully saturated rings. The van der Waals surface area contributed by atoms with Gasteiger partial charge in [0.2, 0.25) is 11.7 Å². The van der Waals surface area contributed by atoms with Gasteiger partial charge in [-0.15, -0.1) is 11.3 Å². The Labute approximate surface area is 155 Å². The molecule has 1 aromatic carbocycles. The second-order valence-electron chi connectivity index (χ2n) is 6.78. The number of thiophene rings is 1. The molecular weight excluding hydrogens is 344 g/mol. The highest BCUT2D eigenvalue weighted by Crippen LogP contribution is 2.33. The lowest BCUT2D eigenvalue weighted by Gasteiger charge is -2.34. The lowest BCUT2D eigenvalue weighted by Crippen LogP contribution is -2.33. The molecule has 6 heteroatoms. The molecule has 1 aliphatic heterocycles. The second-order valence-corrected chi connectivity index (χ2v) is 7.73. The van der Waals surface area contributed by atoms with E-state index in [-0.39, 0.29) is 0 Å². The van der Waals surface area contributed by atoms with E-state index >= 15 is 0 Å². The number of rotatable bonds is 4.